The van der Waals surface area contributed by atoms with Crippen molar-refractivity contribution < 1.29 is 17.6 Å². The van der Waals surface area contributed by atoms with E-state index in [0.717, 1.165) is 23.5 Å². The van der Waals surface area contributed by atoms with E-state index in [-0.39, 0.29) is 11.0 Å². The predicted octanol–water partition coefficient (Wildman–Crippen LogP) is 4.29. The molecule has 0 spiro atoms. The maximum Gasteiger partial charge on any atom is 0.416 e. The molecule has 0 aliphatic rings. The van der Waals surface area contributed by atoms with Gasteiger partial charge >= 0.3 is 6.18 Å². The summed E-state index contributed by atoms with van der Waals surface area (Å²) in [5.41, 5.74) is 0.0612. The Morgan fingerprint density at radius 2 is 2.05 bits per heavy atom. The summed E-state index contributed by atoms with van der Waals surface area (Å²) < 4.78 is 43.3. The Hall–Kier alpha value is -1.69. The van der Waals surface area contributed by atoms with E-state index >= 15 is 0 Å². The number of anilines is 1. The first-order valence-electron chi connectivity index (χ1n) is 5.76. The number of aromatic nitrogens is 1. The summed E-state index contributed by atoms with van der Waals surface area (Å²) in [7, 11) is 1.64. The summed E-state index contributed by atoms with van der Waals surface area (Å²) in [6, 6.07) is 3.55. The van der Waals surface area contributed by atoms with Gasteiger partial charge in [-0.15, -0.1) is 0 Å². The molecule has 2 rings (SSSR count). The highest BCUT2D eigenvalue weighted by Gasteiger charge is 2.31. The van der Waals surface area contributed by atoms with Crippen LogP contribution >= 0.6 is 11.6 Å². The van der Waals surface area contributed by atoms with Gasteiger partial charge in [0.15, 0.2) is 0 Å². The van der Waals surface area contributed by atoms with Crippen LogP contribution in [-0.2, 0) is 12.7 Å². The number of furan rings is 1. The Bertz CT molecular complexity index is 610. The van der Waals surface area contributed by atoms with Gasteiger partial charge in [-0.05, 0) is 25.1 Å². The minimum absolute atomic E-state index is 0.158. The second-order valence-electron chi connectivity index (χ2n) is 4.39. The van der Waals surface area contributed by atoms with Gasteiger partial charge in [-0.2, -0.15) is 13.2 Å². The molecule has 0 radical (unpaired) electrons. The van der Waals surface area contributed by atoms with Crippen molar-refractivity contribution in [2.24, 2.45) is 0 Å². The lowest BCUT2D eigenvalue weighted by molar-refractivity contribution is -0.137. The third kappa shape index (κ3) is 3.25. The van der Waals surface area contributed by atoms with Crippen molar-refractivity contribution in [3.8, 4) is 0 Å². The lowest BCUT2D eigenvalue weighted by Gasteiger charge is -2.19. The van der Waals surface area contributed by atoms with E-state index in [2.05, 4.69) is 4.98 Å². The van der Waals surface area contributed by atoms with Crippen molar-refractivity contribution in [3.63, 3.8) is 0 Å². The zero-order valence-corrected chi connectivity index (χ0v) is 11.6. The maximum atomic E-state index is 12.7. The molecular weight excluding hydrogens is 293 g/mol. The van der Waals surface area contributed by atoms with E-state index in [1.165, 1.54) is 6.26 Å². The highest BCUT2D eigenvalue weighted by Crippen LogP contribution is 2.32. The van der Waals surface area contributed by atoms with Crippen LogP contribution in [0.1, 0.15) is 16.9 Å². The fourth-order valence-corrected chi connectivity index (χ4v) is 1.96. The van der Waals surface area contributed by atoms with Crippen LogP contribution in [0.5, 0.6) is 0 Å². The number of hydrogen-bond donors (Lipinski definition) is 0. The number of rotatable bonds is 3. The molecule has 0 bridgehead atoms. The Kier molecular flexibility index (Phi) is 3.94. The first-order chi connectivity index (χ1) is 9.27. The SMILES string of the molecule is Cc1occc1CN(C)c1cc(C(F)(F)F)cc(Cl)n1. The lowest BCUT2D eigenvalue weighted by Crippen LogP contribution is -2.19. The summed E-state index contributed by atoms with van der Waals surface area (Å²) in [5.74, 6) is 0.875. The Morgan fingerprint density at radius 1 is 1.35 bits per heavy atom. The molecule has 0 atom stereocenters. The van der Waals surface area contributed by atoms with E-state index in [1.54, 1.807) is 24.9 Å². The molecule has 108 valence electrons. The molecule has 0 unspecified atom stereocenters. The van der Waals surface area contributed by atoms with Crippen LogP contribution in [0, 0.1) is 6.92 Å². The molecule has 2 aromatic heterocycles. The number of pyridine rings is 1. The van der Waals surface area contributed by atoms with Crippen LogP contribution in [0.4, 0.5) is 19.0 Å². The van der Waals surface area contributed by atoms with Crippen LogP contribution in [-0.4, -0.2) is 12.0 Å². The summed E-state index contributed by atoms with van der Waals surface area (Å²) in [5, 5.41) is -0.189. The molecule has 0 saturated carbocycles. The fourth-order valence-electron chi connectivity index (χ4n) is 1.75. The van der Waals surface area contributed by atoms with E-state index in [1.807, 2.05) is 0 Å². The van der Waals surface area contributed by atoms with Crippen molar-refractivity contribution in [3.05, 3.63) is 46.5 Å². The lowest BCUT2D eigenvalue weighted by atomic mass is 10.2. The maximum absolute atomic E-state index is 12.7. The molecule has 0 amide bonds. The Morgan fingerprint density at radius 3 is 2.60 bits per heavy atom. The fraction of sp³-hybridized carbons (Fsp3) is 0.308. The highest BCUT2D eigenvalue weighted by molar-refractivity contribution is 6.29. The topological polar surface area (TPSA) is 29.3 Å². The average Bonchev–Trinajstić information content (AvgIpc) is 2.73. The monoisotopic (exact) mass is 304 g/mol. The summed E-state index contributed by atoms with van der Waals surface area (Å²) in [4.78, 5) is 5.50. The molecule has 20 heavy (non-hydrogen) atoms. The van der Waals surface area contributed by atoms with Gasteiger partial charge < -0.3 is 9.32 Å². The quantitative estimate of drug-likeness (QED) is 0.792. The molecule has 0 aliphatic heterocycles. The van der Waals surface area contributed by atoms with Crippen molar-refractivity contribution in [1.29, 1.82) is 0 Å². The standard InChI is InChI=1S/C13H12ClF3N2O/c1-8-9(3-4-20-8)7-19(2)12-6-10(13(15,16)17)5-11(14)18-12/h3-6H,7H2,1-2H3. The zero-order valence-electron chi connectivity index (χ0n) is 10.8. The molecule has 0 aliphatic carbocycles. The number of hydrogen-bond acceptors (Lipinski definition) is 3. The van der Waals surface area contributed by atoms with Crippen LogP contribution < -0.4 is 4.90 Å². The minimum atomic E-state index is -4.45. The summed E-state index contributed by atoms with van der Waals surface area (Å²) >= 11 is 5.66. The van der Waals surface area contributed by atoms with Gasteiger partial charge in [-0.1, -0.05) is 11.6 Å². The van der Waals surface area contributed by atoms with Gasteiger partial charge in [0, 0.05) is 19.2 Å². The number of aryl methyl sites for hydroxylation is 1. The molecule has 0 saturated heterocycles. The number of halogens is 4. The molecule has 2 aromatic rings. The van der Waals surface area contributed by atoms with Crippen LogP contribution in [0.25, 0.3) is 0 Å². The van der Waals surface area contributed by atoms with Crippen molar-refractivity contribution in [1.82, 2.24) is 4.98 Å². The van der Waals surface area contributed by atoms with Gasteiger partial charge in [0.1, 0.15) is 16.7 Å². The molecule has 0 fully saturated rings. The molecule has 3 nitrogen and oxygen atoms in total. The normalized spacial score (nSPS) is 11.7. The van der Waals surface area contributed by atoms with Gasteiger partial charge in [0.25, 0.3) is 0 Å². The van der Waals surface area contributed by atoms with E-state index in [9.17, 15) is 13.2 Å². The Labute approximate surface area is 119 Å². The van der Waals surface area contributed by atoms with Crippen LogP contribution in [0.15, 0.2) is 28.9 Å². The third-order valence-corrected chi connectivity index (χ3v) is 3.07. The summed E-state index contributed by atoms with van der Waals surface area (Å²) in [6.45, 7) is 2.17. The minimum Gasteiger partial charge on any atom is -0.469 e. The molecule has 0 N–H and O–H groups in total. The zero-order chi connectivity index (χ0) is 14.9. The van der Waals surface area contributed by atoms with Crippen molar-refractivity contribution in [2.45, 2.75) is 19.6 Å². The smallest absolute Gasteiger partial charge is 0.416 e. The van der Waals surface area contributed by atoms with Crippen molar-refractivity contribution >= 4 is 17.4 Å². The van der Waals surface area contributed by atoms with Gasteiger partial charge in [-0.25, -0.2) is 4.98 Å². The average molecular weight is 305 g/mol. The highest BCUT2D eigenvalue weighted by atomic mass is 35.5. The third-order valence-electron chi connectivity index (χ3n) is 2.87. The first-order valence-corrected chi connectivity index (χ1v) is 6.14. The van der Waals surface area contributed by atoms with E-state index in [0.29, 0.717) is 6.54 Å². The van der Waals surface area contributed by atoms with E-state index in [4.69, 9.17) is 16.0 Å². The molecule has 0 aromatic carbocycles. The second kappa shape index (κ2) is 5.36. The van der Waals surface area contributed by atoms with Gasteiger partial charge in [-0.3, -0.25) is 0 Å². The van der Waals surface area contributed by atoms with Gasteiger partial charge in [0.05, 0.1) is 11.8 Å². The first kappa shape index (κ1) is 14.7. The van der Waals surface area contributed by atoms with Crippen molar-refractivity contribution in [2.75, 3.05) is 11.9 Å². The summed E-state index contributed by atoms with van der Waals surface area (Å²) in [6.07, 6.45) is -2.92. The molecule has 7 heteroatoms. The largest absolute Gasteiger partial charge is 0.469 e. The molecular formula is C13H12ClF3N2O. The van der Waals surface area contributed by atoms with E-state index < -0.39 is 11.7 Å². The predicted molar refractivity (Wildman–Crippen MR) is 69.8 cm³/mol. The van der Waals surface area contributed by atoms with Crippen LogP contribution in [0.3, 0.4) is 0 Å². The molecule has 2 heterocycles. The number of alkyl halides is 3. The van der Waals surface area contributed by atoms with Crippen LogP contribution in [0.2, 0.25) is 5.15 Å². The second-order valence-corrected chi connectivity index (χ2v) is 4.78. The Balaban J connectivity index is 2.28. The number of nitrogens with zero attached hydrogens (tertiary/aromatic N) is 2. The van der Waals surface area contributed by atoms with Gasteiger partial charge in [0.2, 0.25) is 0 Å².